The second-order valence-electron chi connectivity index (χ2n) is 5.11. The Kier molecular flexibility index (Phi) is 2.51. The van der Waals surface area contributed by atoms with Crippen LogP contribution in [0.3, 0.4) is 0 Å². The molecule has 0 amide bonds. The number of nitrogens with one attached hydrogen (secondary N) is 1. The van der Waals surface area contributed by atoms with Crippen molar-refractivity contribution in [3.05, 3.63) is 41.5 Å². The van der Waals surface area contributed by atoms with E-state index in [0.29, 0.717) is 18.4 Å². The van der Waals surface area contributed by atoms with Crippen molar-refractivity contribution in [1.82, 2.24) is 10.1 Å². The predicted octanol–water partition coefficient (Wildman–Crippen LogP) is 2.28. The highest BCUT2D eigenvalue weighted by Crippen LogP contribution is 2.34. The summed E-state index contributed by atoms with van der Waals surface area (Å²) in [5.41, 5.74) is 2.47. The first kappa shape index (κ1) is 11.0. The van der Waals surface area contributed by atoms with Gasteiger partial charge in [-0.05, 0) is 18.1 Å². The van der Waals surface area contributed by atoms with Crippen molar-refractivity contribution >= 4 is 5.69 Å². The number of benzene rings is 1. The quantitative estimate of drug-likeness (QED) is 0.894. The lowest BCUT2D eigenvalue weighted by molar-refractivity contribution is 0.192. The number of anilines is 1. The Hall–Kier alpha value is -1.88. The lowest BCUT2D eigenvalue weighted by Crippen LogP contribution is -2.07. The number of aromatic nitrogens is 2. The molecule has 0 radical (unpaired) electrons. The molecule has 5 nitrogen and oxygen atoms in total. The van der Waals surface area contributed by atoms with Crippen LogP contribution in [0.15, 0.2) is 28.8 Å². The Morgan fingerprint density at radius 2 is 2.21 bits per heavy atom. The summed E-state index contributed by atoms with van der Waals surface area (Å²) in [6, 6.07) is 8.39. The van der Waals surface area contributed by atoms with E-state index in [-0.39, 0.29) is 6.04 Å². The van der Waals surface area contributed by atoms with E-state index in [1.54, 1.807) is 0 Å². The summed E-state index contributed by atoms with van der Waals surface area (Å²) in [5, 5.41) is 7.53. The summed E-state index contributed by atoms with van der Waals surface area (Å²) in [7, 11) is 0. The van der Waals surface area contributed by atoms with Gasteiger partial charge in [0, 0.05) is 24.6 Å². The van der Waals surface area contributed by atoms with Gasteiger partial charge < -0.3 is 14.6 Å². The summed E-state index contributed by atoms with van der Waals surface area (Å²) in [6.07, 6.45) is 1.89. The average molecular weight is 257 g/mol. The Morgan fingerprint density at radius 3 is 3.05 bits per heavy atom. The van der Waals surface area contributed by atoms with Crippen LogP contribution in [0.5, 0.6) is 0 Å². The molecule has 5 heteroatoms. The first-order valence-corrected chi connectivity index (χ1v) is 6.66. The van der Waals surface area contributed by atoms with E-state index < -0.39 is 0 Å². The smallest absolute Gasteiger partial charge is 0.249 e. The SMILES string of the molecule is c1ccc2c(c1)CC(c1nc(C3CCOC3)no1)N2. The summed E-state index contributed by atoms with van der Waals surface area (Å²) < 4.78 is 10.8. The molecule has 0 aliphatic carbocycles. The molecule has 19 heavy (non-hydrogen) atoms. The maximum atomic E-state index is 5.41. The van der Waals surface area contributed by atoms with Crippen molar-refractivity contribution < 1.29 is 9.26 Å². The van der Waals surface area contributed by atoms with Gasteiger partial charge in [-0.1, -0.05) is 23.4 Å². The Labute approximate surface area is 111 Å². The number of para-hydroxylation sites is 1. The molecule has 1 aromatic carbocycles. The minimum atomic E-state index is 0.0981. The van der Waals surface area contributed by atoms with E-state index in [1.165, 1.54) is 5.56 Å². The highest BCUT2D eigenvalue weighted by atomic mass is 16.5. The number of fused-ring (bicyclic) bond motifs is 1. The van der Waals surface area contributed by atoms with E-state index in [2.05, 4.69) is 33.7 Å². The monoisotopic (exact) mass is 257 g/mol. The van der Waals surface area contributed by atoms with Crippen molar-refractivity contribution in [3.63, 3.8) is 0 Å². The minimum absolute atomic E-state index is 0.0981. The first-order chi connectivity index (χ1) is 9.40. The zero-order valence-electron chi connectivity index (χ0n) is 10.5. The van der Waals surface area contributed by atoms with Crippen LogP contribution in [0, 0.1) is 0 Å². The maximum absolute atomic E-state index is 5.41. The number of rotatable bonds is 2. The molecule has 4 rings (SSSR count). The van der Waals surface area contributed by atoms with Crippen LogP contribution in [0.4, 0.5) is 5.69 Å². The fraction of sp³-hybridized carbons (Fsp3) is 0.429. The molecule has 0 spiro atoms. The third-order valence-corrected chi connectivity index (χ3v) is 3.82. The van der Waals surface area contributed by atoms with Crippen molar-refractivity contribution in [2.75, 3.05) is 18.5 Å². The fourth-order valence-electron chi connectivity index (χ4n) is 2.74. The topological polar surface area (TPSA) is 60.2 Å². The molecule has 1 saturated heterocycles. The zero-order valence-corrected chi connectivity index (χ0v) is 10.5. The van der Waals surface area contributed by atoms with Gasteiger partial charge >= 0.3 is 0 Å². The van der Waals surface area contributed by atoms with Crippen LogP contribution < -0.4 is 5.32 Å². The highest BCUT2D eigenvalue weighted by molar-refractivity contribution is 5.56. The van der Waals surface area contributed by atoms with Gasteiger partial charge in [-0.15, -0.1) is 0 Å². The molecule has 2 aromatic rings. The Bertz CT molecular complexity index is 565. The molecule has 98 valence electrons. The van der Waals surface area contributed by atoms with Crippen molar-refractivity contribution in [3.8, 4) is 0 Å². The van der Waals surface area contributed by atoms with Crippen molar-refractivity contribution in [1.29, 1.82) is 0 Å². The van der Waals surface area contributed by atoms with E-state index in [1.807, 2.05) is 6.07 Å². The van der Waals surface area contributed by atoms with Crippen LogP contribution in [-0.4, -0.2) is 23.4 Å². The first-order valence-electron chi connectivity index (χ1n) is 6.66. The van der Waals surface area contributed by atoms with Crippen LogP contribution >= 0.6 is 0 Å². The Balaban J connectivity index is 1.55. The van der Waals surface area contributed by atoms with Gasteiger partial charge in [-0.3, -0.25) is 0 Å². The number of nitrogens with zero attached hydrogens (tertiary/aromatic N) is 2. The molecule has 1 N–H and O–H groups in total. The van der Waals surface area contributed by atoms with Crippen LogP contribution in [-0.2, 0) is 11.2 Å². The molecular weight excluding hydrogens is 242 g/mol. The summed E-state index contributed by atoms with van der Waals surface area (Å²) in [6.45, 7) is 1.50. The summed E-state index contributed by atoms with van der Waals surface area (Å²) >= 11 is 0. The lowest BCUT2D eigenvalue weighted by atomic mass is 10.1. The molecule has 1 aromatic heterocycles. The molecule has 3 heterocycles. The molecule has 2 aliphatic rings. The maximum Gasteiger partial charge on any atom is 0.249 e. The molecule has 0 bridgehead atoms. The summed E-state index contributed by atoms with van der Waals surface area (Å²) in [5.74, 6) is 1.75. The molecule has 2 atom stereocenters. The minimum Gasteiger partial charge on any atom is -0.381 e. The highest BCUT2D eigenvalue weighted by Gasteiger charge is 2.29. The van der Waals surface area contributed by atoms with Gasteiger partial charge in [0.15, 0.2) is 5.82 Å². The average Bonchev–Trinajstić information content (AvgIpc) is 3.17. The molecule has 2 aliphatic heterocycles. The van der Waals surface area contributed by atoms with Gasteiger partial charge in [-0.25, -0.2) is 0 Å². The zero-order chi connectivity index (χ0) is 12.7. The standard InChI is InChI=1S/C14H15N3O2/c1-2-4-11-9(3-1)7-12(15-11)14-16-13(17-19-14)10-5-6-18-8-10/h1-4,10,12,15H,5-8H2. The number of ether oxygens (including phenoxy) is 1. The van der Waals surface area contributed by atoms with Gasteiger partial charge in [-0.2, -0.15) is 4.98 Å². The molecular formula is C14H15N3O2. The van der Waals surface area contributed by atoms with Crippen LogP contribution in [0.25, 0.3) is 0 Å². The second kappa shape index (κ2) is 4.35. The van der Waals surface area contributed by atoms with E-state index in [4.69, 9.17) is 9.26 Å². The van der Waals surface area contributed by atoms with Crippen molar-refractivity contribution in [2.24, 2.45) is 0 Å². The summed E-state index contributed by atoms with van der Waals surface area (Å²) in [4.78, 5) is 4.54. The van der Waals surface area contributed by atoms with Gasteiger partial charge in [0.05, 0.1) is 6.61 Å². The third-order valence-electron chi connectivity index (χ3n) is 3.82. The van der Waals surface area contributed by atoms with Crippen LogP contribution in [0.1, 0.15) is 35.7 Å². The number of hydrogen-bond donors (Lipinski definition) is 1. The van der Waals surface area contributed by atoms with Gasteiger partial charge in [0.1, 0.15) is 6.04 Å². The fourth-order valence-corrected chi connectivity index (χ4v) is 2.74. The third kappa shape index (κ3) is 1.90. The molecule has 0 saturated carbocycles. The second-order valence-corrected chi connectivity index (χ2v) is 5.11. The molecule has 1 fully saturated rings. The normalized spacial score (nSPS) is 25.3. The van der Waals surface area contributed by atoms with E-state index in [9.17, 15) is 0 Å². The Morgan fingerprint density at radius 1 is 1.26 bits per heavy atom. The van der Waals surface area contributed by atoms with E-state index in [0.717, 1.165) is 31.0 Å². The number of hydrogen-bond acceptors (Lipinski definition) is 5. The molecule has 2 unspecified atom stereocenters. The van der Waals surface area contributed by atoms with Crippen molar-refractivity contribution in [2.45, 2.75) is 24.8 Å². The van der Waals surface area contributed by atoms with Gasteiger partial charge in [0.2, 0.25) is 5.89 Å². The van der Waals surface area contributed by atoms with E-state index >= 15 is 0 Å². The van der Waals surface area contributed by atoms with Crippen LogP contribution in [0.2, 0.25) is 0 Å². The predicted molar refractivity (Wildman–Crippen MR) is 69.0 cm³/mol. The lowest BCUT2D eigenvalue weighted by Gasteiger charge is -2.04. The van der Waals surface area contributed by atoms with Gasteiger partial charge in [0.25, 0.3) is 0 Å². The largest absolute Gasteiger partial charge is 0.381 e.